The largest absolute Gasteiger partial charge is 1.00 e. The number of nitrogens with two attached hydrogens (primary N) is 2. The van der Waals surface area contributed by atoms with Gasteiger partial charge in [0.2, 0.25) is 0 Å². The first-order valence-electron chi connectivity index (χ1n) is 9.93. The first kappa shape index (κ1) is 35.4. The summed E-state index contributed by atoms with van der Waals surface area (Å²) in [5.41, 5.74) is 17.9. The summed E-state index contributed by atoms with van der Waals surface area (Å²) in [4.78, 5) is 3.50. The summed E-state index contributed by atoms with van der Waals surface area (Å²) in [5, 5.41) is 15.4. The molecule has 5 nitrogen and oxygen atoms in total. The normalized spacial score (nSPS) is 8.95. The minimum Gasteiger partial charge on any atom is -0.512 e. The van der Waals surface area contributed by atoms with Gasteiger partial charge in [-0.3, -0.25) is 0 Å². The molecule has 0 saturated heterocycles. The van der Waals surface area contributed by atoms with Crippen LogP contribution in [0.2, 0.25) is 0 Å². The van der Waals surface area contributed by atoms with Crippen molar-refractivity contribution in [2.75, 3.05) is 11.5 Å². The Kier molecular flexibility index (Phi) is 15.9. The average molecular weight is 810 g/mol. The van der Waals surface area contributed by atoms with Crippen LogP contribution in [0.25, 0.3) is 27.1 Å². The predicted molar refractivity (Wildman–Crippen MR) is 166 cm³/mol. The van der Waals surface area contributed by atoms with E-state index in [-0.39, 0.29) is 24.5 Å². The van der Waals surface area contributed by atoms with E-state index in [0.717, 1.165) is 40.1 Å². The third-order valence-electron chi connectivity index (χ3n) is 4.79. The standard InChI is InChI=1S/C14H6Br2N2.C12H10Br2N2.CN.CH4.Cu/c1-18-14-7-11(16)3-5-13(14)12-4-2-10(15)6-9(12)8-17;13-7-1-3-9(11(15)5-7)10-4-2-8(14)6-12(10)16;1-2;;/h2-7H;1-6H,15-16H2;;1H4;/q;;-1;;+1. The SMILES string of the molecule is C.Nc1cc(Br)ccc1-c1ccc(Br)cc1N.[C-]#N.[C-]#[N+]c1cc(Br)ccc1-c1ccc(Br)cc1C#N.[Cu+]. The van der Waals surface area contributed by atoms with E-state index in [0.29, 0.717) is 22.6 Å². The van der Waals surface area contributed by atoms with Crippen LogP contribution in [-0.2, 0) is 17.1 Å². The number of hydrogen-bond acceptors (Lipinski definition) is 4. The van der Waals surface area contributed by atoms with Gasteiger partial charge < -0.3 is 23.3 Å². The summed E-state index contributed by atoms with van der Waals surface area (Å²) in [5.74, 6) is 0. The Labute approximate surface area is 267 Å². The topological polar surface area (TPSA) is 104 Å². The number of nitrogens with zero attached hydrogens (tertiary/aromatic N) is 3. The van der Waals surface area contributed by atoms with Crippen LogP contribution < -0.4 is 11.5 Å². The van der Waals surface area contributed by atoms with E-state index < -0.39 is 0 Å². The van der Waals surface area contributed by atoms with Gasteiger partial charge in [0, 0.05) is 40.4 Å². The molecule has 196 valence electrons. The van der Waals surface area contributed by atoms with Crippen molar-refractivity contribution >= 4 is 80.8 Å². The van der Waals surface area contributed by atoms with E-state index in [1.807, 2.05) is 60.7 Å². The van der Waals surface area contributed by atoms with Crippen LogP contribution in [0.5, 0.6) is 0 Å². The maximum Gasteiger partial charge on any atom is 1.00 e. The fourth-order valence-corrected chi connectivity index (χ4v) is 4.69. The molecule has 0 bridgehead atoms. The van der Waals surface area contributed by atoms with Gasteiger partial charge in [-0.1, -0.05) is 95.4 Å². The van der Waals surface area contributed by atoms with Crippen molar-refractivity contribution in [3.63, 3.8) is 0 Å². The summed E-state index contributed by atoms with van der Waals surface area (Å²) < 4.78 is 3.63. The molecule has 0 amide bonds. The number of rotatable bonds is 2. The fourth-order valence-electron chi connectivity index (χ4n) is 3.23. The van der Waals surface area contributed by atoms with Crippen LogP contribution in [0.1, 0.15) is 13.0 Å². The molecule has 0 radical (unpaired) electrons. The Morgan fingerprint density at radius 2 is 1.00 bits per heavy atom. The predicted octanol–water partition coefficient (Wildman–Crippen LogP) is 10.1. The molecule has 0 aliphatic carbocycles. The summed E-state index contributed by atoms with van der Waals surface area (Å²) in [6.45, 7) is 12.0. The molecule has 0 atom stereocenters. The third kappa shape index (κ3) is 9.29. The molecular formula is C28H20Br4CuN5. The van der Waals surface area contributed by atoms with Crippen LogP contribution >= 0.6 is 63.7 Å². The number of anilines is 2. The van der Waals surface area contributed by atoms with Crippen LogP contribution in [0, 0.1) is 29.7 Å². The second-order valence-electron chi connectivity index (χ2n) is 7.04. The second kappa shape index (κ2) is 17.1. The molecule has 0 heterocycles. The zero-order valence-electron chi connectivity index (χ0n) is 18.7. The molecule has 0 unspecified atom stereocenters. The number of benzene rings is 4. The molecule has 0 aliphatic heterocycles. The number of hydrogen-bond donors (Lipinski definition) is 2. The Hall–Kier alpha value is -2.61. The molecule has 0 aliphatic rings. The average Bonchev–Trinajstić information content (AvgIpc) is 2.86. The molecule has 0 saturated carbocycles. The van der Waals surface area contributed by atoms with Crippen LogP contribution in [0.15, 0.2) is 90.7 Å². The molecule has 4 rings (SSSR count). The van der Waals surface area contributed by atoms with Gasteiger partial charge >= 0.3 is 17.1 Å². The van der Waals surface area contributed by atoms with Crippen LogP contribution in [0.3, 0.4) is 0 Å². The van der Waals surface area contributed by atoms with Gasteiger partial charge in [-0.05, 0) is 59.7 Å². The van der Waals surface area contributed by atoms with Crippen molar-refractivity contribution in [2.45, 2.75) is 7.43 Å². The number of nitrogen functional groups attached to an aromatic ring is 2. The molecule has 0 spiro atoms. The molecule has 0 aromatic heterocycles. The summed E-state index contributed by atoms with van der Waals surface area (Å²) in [7, 11) is 0. The second-order valence-corrected chi connectivity index (χ2v) is 10.7. The molecule has 4 N–H and O–H groups in total. The van der Waals surface area contributed by atoms with Gasteiger partial charge in [-0.25, -0.2) is 4.85 Å². The minimum absolute atomic E-state index is 0. The van der Waals surface area contributed by atoms with E-state index in [1.165, 1.54) is 0 Å². The van der Waals surface area contributed by atoms with Gasteiger partial charge in [0.25, 0.3) is 0 Å². The summed E-state index contributed by atoms with van der Waals surface area (Å²) in [6, 6.07) is 24.7. The Morgan fingerprint density at radius 1 is 0.632 bits per heavy atom. The molecule has 0 fully saturated rings. The van der Waals surface area contributed by atoms with Gasteiger partial charge in [0.15, 0.2) is 5.69 Å². The minimum atomic E-state index is 0. The van der Waals surface area contributed by atoms with E-state index in [4.69, 9.17) is 35.1 Å². The van der Waals surface area contributed by atoms with E-state index >= 15 is 0 Å². The van der Waals surface area contributed by atoms with Crippen molar-refractivity contribution in [1.82, 2.24) is 0 Å². The number of nitriles is 1. The molecular weight excluding hydrogens is 790 g/mol. The van der Waals surface area contributed by atoms with Crippen LogP contribution in [-0.4, -0.2) is 0 Å². The molecule has 10 heteroatoms. The van der Waals surface area contributed by atoms with Crippen molar-refractivity contribution < 1.29 is 17.1 Å². The first-order valence-corrected chi connectivity index (χ1v) is 13.1. The van der Waals surface area contributed by atoms with Crippen molar-refractivity contribution in [2.24, 2.45) is 0 Å². The Morgan fingerprint density at radius 3 is 1.39 bits per heavy atom. The molecule has 4 aromatic rings. The third-order valence-corrected chi connectivity index (χ3v) is 6.76. The zero-order chi connectivity index (χ0) is 26.8. The molecule has 4 aromatic carbocycles. The van der Waals surface area contributed by atoms with Gasteiger partial charge in [0.05, 0.1) is 18.2 Å². The first-order chi connectivity index (χ1) is 17.2. The van der Waals surface area contributed by atoms with E-state index in [1.54, 1.807) is 12.1 Å². The van der Waals surface area contributed by atoms with E-state index in [9.17, 15) is 0 Å². The smallest absolute Gasteiger partial charge is 0.512 e. The fraction of sp³-hybridized carbons (Fsp3) is 0.0357. The maximum atomic E-state index is 9.16. The molecule has 38 heavy (non-hydrogen) atoms. The Balaban J connectivity index is 0.000000648. The monoisotopic (exact) mass is 805 g/mol. The Bertz CT molecular complexity index is 1400. The van der Waals surface area contributed by atoms with Crippen molar-refractivity contribution in [3.05, 3.63) is 114 Å². The zero-order valence-corrected chi connectivity index (χ0v) is 26.0. The summed E-state index contributed by atoms with van der Waals surface area (Å²) >= 11 is 13.4. The number of halogens is 4. The quantitative estimate of drug-likeness (QED) is 0.120. The van der Waals surface area contributed by atoms with Gasteiger partial charge in [0.1, 0.15) is 0 Å². The van der Waals surface area contributed by atoms with Crippen molar-refractivity contribution in [3.8, 4) is 28.3 Å². The maximum absolute atomic E-state index is 9.16. The van der Waals surface area contributed by atoms with Crippen molar-refractivity contribution in [1.29, 1.82) is 10.5 Å². The van der Waals surface area contributed by atoms with E-state index in [2.05, 4.69) is 74.6 Å². The van der Waals surface area contributed by atoms with Gasteiger partial charge in [-0.2, -0.15) is 5.26 Å². The van der Waals surface area contributed by atoms with Gasteiger partial charge in [-0.15, -0.1) is 0 Å². The van der Waals surface area contributed by atoms with Crippen LogP contribution in [0.4, 0.5) is 17.1 Å². The summed E-state index contributed by atoms with van der Waals surface area (Å²) in [6.07, 6.45) is 0.